The largest absolute Gasteiger partial charge is 0.484 e. The number of aliphatic imine (C=N–C) groups is 1. The molecule has 4 nitrogen and oxygen atoms in total. The first-order valence-corrected chi connectivity index (χ1v) is 9.76. The zero-order chi connectivity index (χ0) is 20.6. The lowest BCUT2D eigenvalue weighted by Crippen LogP contribution is -2.31. The number of carbonyl (C=O) groups excluding carboxylic acids is 1. The summed E-state index contributed by atoms with van der Waals surface area (Å²) >= 11 is 6.12. The highest BCUT2D eigenvalue weighted by atomic mass is 35.5. The number of rotatable bonds is 7. The van der Waals surface area contributed by atoms with Crippen LogP contribution in [0.25, 0.3) is 0 Å². The smallest absolute Gasteiger partial charge is 0.258 e. The summed E-state index contributed by atoms with van der Waals surface area (Å²) in [5.74, 6) is 0.464. The average Bonchev–Trinajstić information content (AvgIpc) is 2.74. The molecule has 1 amide bonds. The van der Waals surface area contributed by atoms with Crippen molar-refractivity contribution in [3.63, 3.8) is 0 Å². The summed E-state index contributed by atoms with van der Waals surface area (Å²) in [6.07, 6.45) is 1.76. The lowest BCUT2D eigenvalue weighted by molar-refractivity contribution is -0.123. The van der Waals surface area contributed by atoms with Gasteiger partial charge in [0.25, 0.3) is 5.91 Å². The predicted molar refractivity (Wildman–Crippen MR) is 118 cm³/mol. The van der Waals surface area contributed by atoms with E-state index in [0.717, 1.165) is 22.4 Å². The first kappa shape index (κ1) is 20.6. The standard InChI is InChI=1S/C24H23ClN2O2/c1-17-8-11-21(14-23(17)25)26-15-19-9-12-22(13-10-19)29-16-24(28)27-18(2)20-6-4-3-5-7-20/h3-15,18H,16H2,1-2H3,(H,27,28)/t18-/m0/s1. The first-order chi connectivity index (χ1) is 14.0. The van der Waals surface area contributed by atoms with E-state index in [4.69, 9.17) is 16.3 Å². The van der Waals surface area contributed by atoms with Crippen LogP contribution in [0, 0.1) is 6.92 Å². The Morgan fingerprint density at radius 2 is 1.83 bits per heavy atom. The van der Waals surface area contributed by atoms with Crippen molar-refractivity contribution in [2.45, 2.75) is 19.9 Å². The molecule has 0 bridgehead atoms. The van der Waals surface area contributed by atoms with Crippen LogP contribution in [0.5, 0.6) is 5.75 Å². The van der Waals surface area contributed by atoms with E-state index in [1.807, 2.05) is 86.6 Å². The summed E-state index contributed by atoms with van der Waals surface area (Å²) < 4.78 is 5.58. The molecule has 0 saturated carbocycles. The van der Waals surface area contributed by atoms with Gasteiger partial charge in [-0.2, -0.15) is 0 Å². The number of ether oxygens (including phenoxy) is 1. The van der Waals surface area contributed by atoms with Gasteiger partial charge in [0.05, 0.1) is 11.7 Å². The van der Waals surface area contributed by atoms with Crippen molar-refractivity contribution in [1.29, 1.82) is 0 Å². The fourth-order valence-electron chi connectivity index (χ4n) is 2.72. The molecule has 0 heterocycles. The number of carbonyl (C=O) groups is 1. The van der Waals surface area contributed by atoms with Crippen molar-refractivity contribution < 1.29 is 9.53 Å². The number of nitrogens with one attached hydrogen (secondary N) is 1. The van der Waals surface area contributed by atoms with E-state index < -0.39 is 0 Å². The molecule has 0 aliphatic carbocycles. The Kier molecular flexibility index (Phi) is 7.04. The number of hydrogen-bond donors (Lipinski definition) is 1. The van der Waals surface area contributed by atoms with Crippen LogP contribution in [0.15, 0.2) is 77.8 Å². The zero-order valence-electron chi connectivity index (χ0n) is 16.4. The van der Waals surface area contributed by atoms with Crippen molar-refractivity contribution >= 4 is 29.4 Å². The number of nitrogens with zero attached hydrogens (tertiary/aromatic N) is 1. The molecule has 0 spiro atoms. The summed E-state index contributed by atoms with van der Waals surface area (Å²) in [5, 5.41) is 3.63. The number of amides is 1. The zero-order valence-corrected chi connectivity index (χ0v) is 17.2. The minimum atomic E-state index is -0.164. The predicted octanol–water partition coefficient (Wildman–Crippen LogP) is 5.66. The van der Waals surface area contributed by atoms with Gasteiger partial charge in [-0.3, -0.25) is 9.79 Å². The summed E-state index contributed by atoms with van der Waals surface area (Å²) in [7, 11) is 0. The second-order valence-corrected chi connectivity index (χ2v) is 7.16. The number of halogens is 1. The monoisotopic (exact) mass is 406 g/mol. The van der Waals surface area contributed by atoms with Gasteiger partial charge in [-0.1, -0.05) is 48.0 Å². The van der Waals surface area contributed by atoms with Crippen molar-refractivity contribution in [3.8, 4) is 5.75 Å². The molecule has 3 aromatic rings. The lowest BCUT2D eigenvalue weighted by atomic mass is 10.1. The van der Waals surface area contributed by atoms with Gasteiger partial charge < -0.3 is 10.1 Å². The third kappa shape index (κ3) is 6.19. The van der Waals surface area contributed by atoms with E-state index >= 15 is 0 Å². The van der Waals surface area contributed by atoms with Gasteiger partial charge in [0.15, 0.2) is 6.61 Å². The third-order valence-electron chi connectivity index (χ3n) is 4.45. The minimum absolute atomic E-state index is 0.0352. The third-order valence-corrected chi connectivity index (χ3v) is 4.85. The molecule has 0 aliphatic heterocycles. The molecule has 29 heavy (non-hydrogen) atoms. The van der Waals surface area contributed by atoms with Crippen LogP contribution in [-0.4, -0.2) is 18.7 Å². The lowest BCUT2D eigenvalue weighted by Gasteiger charge is -2.14. The molecular weight excluding hydrogens is 384 g/mol. The molecule has 0 fully saturated rings. The van der Waals surface area contributed by atoms with Gasteiger partial charge in [0.1, 0.15) is 5.75 Å². The minimum Gasteiger partial charge on any atom is -0.484 e. The van der Waals surface area contributed by atoms with E-state index in [2.05, 4.69) is 10.3 Å². The molecule has 1 atom stereocenters. The second kappa shape index (κ2) is 9.89. The summed E-state index contributed by atoms with van der Waals surface area (Å²) in [6, 6.07) is 22.9. The average molecular weight is 407 g/mol. The van der Waals surface area contributed by atoms with Crippen LogP contribution in [0.4, 0.5) is 5.69 Å². The van der Waals surface area contributed by atoms with Crippen LogP contribution in [0.1, 0.15) is 29.7 Å². The van der Waals surface area contributed by atoms with E-state index in [-0.39, 0.29) is 18.6 Å². The topological polar surface area (TPSA) is 50.7 Å². The van der Waals surface area contributed by atoms with Crippen LogP contribution in [0.3, 0.4) is 0 Å². The highest BCUT2D eigenvalue weighted by molar-refractivity contribution is 6.31. The highest BCUT2D eigenvalue weighted by Gasteiger charge is 2.09. The van der Waals surface area contributed by atoms with E-state index in [0.29, 0.717) is 10.8 Å². The summed E-state index contributed by atoms with van der Waals surface area (Å²) in [6.45, 7) is 3.87. The fourth-order valence-corrected chi connectivity index (χ4v) is 2.89. The molecule has 3 rings (SSSR count). The Balaban J connectivity index is 1.50. The maximum atomic E-state index is 12.1. The molecule has 0 unspecified atom stereocenters. The Labute approximate surface area is 176 Å². The van der Waals surface area contributed by atoms with Gasteiger partial charge in [0.2, 0.25) is 0 Å². The number of benzene rings is 3. The SMILES string of the molecule is Cc1ccc(N=Cc2ccc(OCC(=O)N[C@@H](C)c3ccccc3)cc2)cc1Cl. The van der Waals surface area contributed by atoms with Gasteiger partial charge >= 0.3 is 0 Å². The summed E-state index contributed by atoms with van der Waals surface area (Å²) in [5.41, 5.74) is 3.80. The fraction of sp³-hybridized carbons (Fsp3) is 0.167. The van der Waals surface area contributed by atoms with E-state index in [9.17, 15) is 4.79 Å². The van der Waals surface area contributed by atoms with Crippen LogP contribution < -0.4 is 10.1 Å². The maximum Gasteiger partial charge on any atom is 0.258 e. The van der Waals surface area contributed by atoms with E-state index in [1.54, 1.807) is 6.21 Å². The number of aryl methyl sites for hydroxylation is 1. The summed E-state index contributed by atoms with van der Waals surface area (Å²) in [4.78, 5) is 16.5. The van der Waals surface area contributed by atoms with Crippen molar-refractivity contribution in [2.24, 2.45) is 4.99 Å². The van der Waals surface area contributed by atoms with Gasteiger partial charge in [-0.05, 0) is 66.9 Å². The van der Waals surface area contributed by atoms with Gasteiger partial charge in [-0.25, -0.2) is 0 Å². The Hall–Kier alpha value is -3.11. The first-order valence-electron chi connectivity index (χ1n) is 9.38. The number of hydrogen-bond acceptors (Lipinski definition) is 3. The maximum absolute atomic E-state index is 12.1. The Bertz CT molecular complexity index is 986. The molecule has 0 radical (unpaired) electrons. The molecule has 148 valence electrons. The van der Waals surface area contributed by atoms with Gasteiger partial charge in [-0.15, -0.1) is 0 Å². The highest BCUT2D eigenvalue weighted by Crippen LogP contribution is 2.22. The van der Waals surface area contributed by atoms with Crippen molar-refractivity contribution in [3.05, 3.63) is 94.5 Å². The molecule has 0 aliphatic rings. The van der Waals surface area contributed by atoms with Crippen LogP contribution in [0.2, 0.25) is 5.02 Å². The van der Waals surface area contributed by atoms with Crippen molar-refractivity contribution in [1.82, 2.24) is 5.32 Å². The molecule has 0 saturated heterocycles. The van der Waals surface area contributed by atoms with E-state index in [1.165, 1.54) is 0 Å². The van der Waals surface area contributed by atoms with Gasteiger partial charge in [0, 0.05) is 11.2 Å². The molecular formula is C24H23ClN2O2. The normalized spacial score (nSPS) is 12.0. The molecule has 0 aromatic heterocycles. The molecule has 5 heteroatoms. The molecule has 3 aromatic carbocycles. The van der Waals surface area contributed by atoms with Crippen LogP contribution >= 0.6 is 11.6 Å². The Morgan fingerprint density at radius 1 is 1.10 bits per heavy atom. The van der Waals surface area contributed by atoms with Crippen molar-refractivity contribution in [2.75, 3.05) is 6.61 Å². The molecule has 1 N–H and O–H groups in total. The quantitative estimate of drug-likeness (QED) is 0.515. The Morgan fingerprint density at radius 3 is 2.52 bits per heavy atom. The van der Waals surface area contributed by atoms with Crippen LogP contribution in [-0.2, 0) is 4.79 Å². The second-order valence-electron chi connectivity index (χ2n) is 6.75.